The van der Waals surface area contributed by atoms with Crippen molar-refractivity contribution in [1.29, 1.82) is 0 Å². The Bertz CT molecular complexity index is 553. The van der Waals surface area contributed by atoms with Gasteiger partial charge in [0, 0.05) is 25.5 Å². The van der Waals surface area contributed by atoms with Crippen molar-refractivity contribution in [3.8, 4) is 5.95 Å². The van der Waals surface area contributed by atoms with Crippen molar-refractivity contribution in [3.63, 3.8) is 0 Å². The summed E-state index contributed by atoms with van der Waals surface area (Å²) in [6, 6.07) is 0. The lowest BCUT2D eigenvalue weighted by atomic mass is 10.0. The highest BCUT2D eigenvalue weighted by atomic mass is 35.5. The van der Waals surface area contributed by atoms with Gasteiger partial charge >= 0.3 is 0 Å². The Kier molecular flexibility index (Phi) is 5.50. The van der Waals surface area contributed by atoms with Crippen molar-refractivity contribution in [2.24, 2.45) is 5.92 Å². The number of aromatic nitrogens is 5. The van der Waals surface area contributed by atoms with Crippen LogP contribution in [0.2, 0.25) is 5.28 Å². The second-order valence-electron chi connectivity index (χ2n) is 4.90. The number of nitrogens with zero attached hydrogens (tertiary/aromatic N) is 6. The zero-order valence-corrected chi connectivity index (χ0v) is 13.5. The van der Waals surface area contributed by atoms with E-state index in [1.54, 1.807) is 23.3 Å². The largest absolute Gasteiger partial charge is 0.341 e. The van der Waals surface area contributed by atoms with Gasteiger partial charge in [0.15, 0.2) is 0 Å². The number of anilines is 1. The standard InChI is InChI=1S/C14H21ClN6/c1-4-11(5-2)9-20(6-3)13-17-12(15)18-14(19-13)21-8-7-16-10-21/h7-8,10-11H,4-6,9H2,1-3H3. The molecular weight excluding hydrogens is 288 g/mol. The summed E-state index contributed by atoms with van der Waals surface area (Å²) in [5, 5.41) is 0.201. The molecule has 2 heterocycles. The number of rotatable bonds is 7. The van der Waals surface area contributed by atoms with E-state index in [9.17, 15) is 0 Å². The average Bonchev–Trinajstić information content (AvgIpc) is 3.02. The predicted molar refractivity (Wildman–Crippen MR) is 83.9 cm³/mol. The molecule has 0 unspecified atom stereocenters. The molecule has 0 fully saturated rings. The SMILES string of the molecule is CCC(CC)CN(CC)c1nc(Cl)nc(-n2ccnc2)n1. The molecule has 0 amide bonds. The van der Waals surface area contributed by atoms with Crippen LogP contribution >= 0.6 is 11.6 Å². The Morgan fingerprint density at radius 1 is 1.19 bits per heavy atom. The molecule has 0 saturated carbocycles. The van der Waals surface area contributed by atoms with Crippen molar-refractivity contribution in [3.05, 3.63) is 24.0 Å². The van der Waals surface area contributed by atoms with Crippen molar-refractivity contribution in [2.45, 2.75) is 33.6 Å². The zero-order valence-electron chi connectivity index (χ0n) is 12.7. The topological polar surface area (TPSA) is 59.7 Å². The van der Waals surface area contributed by atoms with Crippen LogP contribution in [0.3, 0.4) is 0 Å². The molecule has 0 spiro atoms. The van der Waals surface area contributed by atoms with Gasteiger partial charge < -0.3 is 4.90 Å². The van der Waals surface area contributed by atoms with Crippen molar-refractivity contribution >= 4 is 17.5 Å². The molecule has 21 heavy (non-hydrogen) atoms. The minimum absolute atomic E-state index is 0.201. The molecule has 0 aromatic carbocycles. The third kappa shape index (κ3) is 3.91. The van der Waals surface area contributed by atoms with E-state index in [4.69, 9.17) is 11.6 Å². The Morgan fingerprint density at radius 3 is 2.52 bits per heavy atom. The molecule has 2 aromatic rings. The Morgan fingerprint density at radius 2 is 1.95 bits per heavy atom. The van der Waals surface area contributed by atoms with Crippen LogP contribution in [0, 0.1) is 5.92 Å². The zero-order chi connectivity index (χ0) is 15.2. The molecule has 7 heteroatoms. The summed E-state index contributed by atoms with van der Waals surface area (Å²) in [4.78, 5) is 19.1. The van der Waals surface area contributed by atoms with Gasteiger partial charge in [-0.25, -0.2) is 4.98 Å². The second-order valence-corrected chi connectivity index (χ2v) is 5.23. The molecule has 0 bridgehead atoms. The summed E-state index contributed by atoms with van der Waals surface area (Å²) in [7, 11) is 0. The molecule has 0 radical (unpaired) electrons. The first-order valence-electron chi connectivity index (χ1n) is 7.32. The minimum atomic E-state index is 0.201. The Labute approximate surface area is 130 Å². The molecule has 0 aliphatic carbocycles. The van der Waals surface area contributed by atoms with Gasteiger partial charge in [-0.15, -0.1) is 0 Å². The minimum Gasteiger partial charge on any atom is -0.341 e. The lowest BCUT2D eigenvalue weighted by Gasteiger charge is -2.25. The van der Waals surface area contributed by atoms with E-state index in [1.807, 2.05) is 0 Å². The molecule has 2 aromatic heterocycles. The first-order chi connectivity index (χ1) is 10.2. The maximum atomic E-state index is 6.05. The molecule has 0 aliphatic heterocycles. The molecule has 0 saturated heterocycles. The lowest BCUT2D eigenvalue weighted by Crippen LogP contribution is -2.31. The summed E-state index contributed by atoms with van der Waals surface area (Å²) >= 11 is 6.05. The van der Waals surface area contributed by atoms with Gasteiger partial charge in [0.1, 0.15) is 6.33 Å². The van der Waals surface area contributed by atoms with Gasteiger partial charge in [0.05, 0.1) is 0 Å². The van der Waals surface area contributed by atoms with E-state index in [2.05, 4.69) is 45.6 Å². The fourth-order valence-electron chi connectivity index (χ4n) is 2.17. The van der Waals surface area contributed by atoms with Gasteiger partial charge in [0.2, 0.25) is 17.2 Å². The summed E-state index contributed by atoms with van der Waals surface area (Å²) in [5.74, 6) is 1.73. The lowest BCUT2D eigenvalue weighted by molar-refractivity contribution is 0.482. The Hall–Kier alpha value is -1.69. The highest BCUT2D eigenvalue weighted by molar-refractivity contribution is 6.28. The van der Waals surface area contributed by atoms with Gasteiger partial charge in [-0.05, 0) is 24.4 Å². The van der Waals surface area contributed by atoms with E-state index >= 15 is 0 Å². The summed E-state index contributed by atoms with van der Waals surface area (Å²) < 4.78 is 1.72. The third-order valence-electron chi connectivity index (χ3n) is 3.62. The first-order valence-corrected chi connectivity index (χ1v) is 7.70. The number of hydrogen-bond acceptors (Lipinski definition) is 5. The molecular formula is C14H21ClN6. The van der Waals surface area contributed by atoms with E-state index in [-0.39, 0.29) is 5.28 Å². The maximum Gasteiger partial charge on any atom is 0.241 e. The van der Waals surface area contributed by atoms with Crippen LogP contribution in [0.15, 0.2) is 18.7 Å². The molecule has 114 valence electrons. The predicted octanol–water partition coefficient (Wildman–Crippen LogP) is 2.97. The monoisotopic (exact) mass is 308 g/mol. The normalized spacial score (nSPS) is 11.1. The number of imidazole rings is 1. The van der Waals surface area contributed by atoms with Crippen molar-refractivity contribution < 1.29 is 0 Å². The quantitative estimate of drug-likeness (QED) is 0.787. The average molecular weight is 309 g/mol. The Balaban J connectivity index is 2.29. The van der Waals surface area contributed by atoms with Gasteiger partial charge in [0.25, 0.3) is 0 Å². The van der Waals surface area contributed by atoms with Crippen molar-refractivity contribution in [1.82, 2.24) is 24.5 Å². The summed E-state index contributed by atoms with van der Waals surface area (Å²) in [6.07, 6.45) is 7.39. The third-order valence-corrected chi connectivity index (χ3v) is 3.79. The summed E-state index contributed by atoms with van der Waals surface area (Å²) in [6.45, 7) is 8.27. The van der Waals surface area contributed by atoms with E-state index in [1.165, 1.54) is 0 Å². The second kappa shape index (κ2) is 7.36. The van der Waals surface area contributed by atoms with Gasteiger partial charge in [-0.3, -0.25) is 4.57 Å². The highest BCUT2D eigenvalue weighted by Crippen LogP contribution is 2.17. The van der Waals surface area contributed by atoms with Crippen molar-refractivity contribution in [2.75, 3.05) is 18.0 Å². The first kappa shape index (κ1) is 15.7. The smallest absolute Gasteiger partial charge is 0.241 e. The maximum absolute atomic E-state index is 6.05. The number of hydrogen-bond donors (Lipinski definition) is 0. The van der Waals surface area contributed by atoms with E-state index in [0.29, 0.717) is 17.8 Å². The number of halogens is 1. The van der Waals surface area contributed by atoms with Crippen LogP contribution in [0.4, 0.5) is 5.95 Å². The molecule has 6 nitrogen and oxygen atoms in total. The molecule has 0 aliphatic rings. The fraction of sp³-hybridized carbons (Fsp3) is 0.571. The van der Waals surface area contributed by atoms with Crippen LogP contribution in [-0.2, 0) is 0 Å². The van der Waals surface area contributed by atoms with Gasteiger partial charge in [-0.1, -0.05) is 26.7 Å². The summed E-state index contributed by atoms with van der Waals surface area (Å²) in [5.41, 5.74) is 0. The fourth-order valence-corrected chi connectivity index (χ4v) is 2.33. The van der Waals surface area contributed by atoms with E-state index < -0.39 is 0 Å². The van der Waals surface area contributed by atoms with Crippen LogP contribution in [0.5, 0.6) is 0 Å². The van der Waals surface area contributed by atoms with Gasteiger partial charge in [-0.2, -0.15) is 15.0 Å². The molecule has 2 rings (SSSR count). The van der Waals surface area contributed by atoms with E-state index in [0.717, 1.165) is 25.9 Å². The van der Waals surface area contributed by atoms with Crippen LogP contribution < -0.4 is 4.90 Å². The molecule has 0 atom stereocenters. The highest BCUT2D eigenvalue weighted by Gasteiger charge is 2.15. The van der Waals surface area contributed by atoms with Crippen LogP contribution in [0.1, 0.15) is 33.6 Å². The van der Waals surface area contributed by atoms with Crippen LogP contribution in [0.25, 0.3) is 5.95 Å². The van der Waals surface area contributed by atoms with Crippen LogP contribution in [-0.4, -0.2) is 37.6 Å². The molecule has 0 N–H and O–H groups in total.